The van der Waals surface area contributed by atoms with E-state index in [-0.39, 0.29) is 5.78 Å². The molecule has 2 N–H and O–H groups in total. The second kappa shape index (κ2) is 11.6. The molecular formula is C29H34N8O2. The number of methoxy groups -OCH3 is 1. The minimum atomic E-state index is -0.0172. The smallest absolute Gasteiger partial charge is 0.184 e. The van der Waals surface area contributed by atoms with E-state index in [1.165, 1.54) is 18.4 Å². The highest BCUT2D eigenvalue weighted by Crippen LogP contribution is 2.37. The Bertz CT molecular complexity index is 1440. The van der Waals surface area contributed by atoms with Gasteiger partial charge in [-0.15, -0.1) is 0 Å². The van der Waals surface area contributed by atoms with Crippen LogP contribution in [0.25, 0.3) is 11.4 Å². The molecule has 0 aliphatic carbocycles. The summed E-state index contributed by atoms with van der Waals surface area (Å²) < 4.78 is 7.39. The summed E-state index contributed by atoms with van der Waals surface area (Å²) in [7, 11) is 3.42. The third-order valence-electron chi connectivity index (χ3n) is 7.07. The number of para-hydroxylation sites is 1. The number of aryl methyl sites for hydroxylation is 1. The number of aromatic nitrogens is 5. The third-order valence-corrected chi connectivity index (χ3v) is 7.07. The van der Waals surface area contributed by atoms with Gasteiger partial charge in [-0.1, -0.05) is 19.1 Å². The minimum Gasteiger partial charge on any atom is -0.494 e. The van der Waals surface area contributed by atoms with Gasteiger partial charge in [0.05, 0.1) is 29.6 Å². The van der Waals surface area contributed by atoms with Crippen molar-refractivity contribution in [2.24, 2.45) is 7.05 Å². The van der Waals surface area contributed by atoms with Crippen molar-refractivity contribution in [1.82, 2.24) is 29.6 Å². The molecule has 0 radical (unpaired) electrons. The molecule has 1 aliphatic rings. The summed E-state index contributed by atoms with van der Waals surface area (Å²) >= 11 is 0. The van der Waals surface area contributed by atoms with Gasteiger partial charge in [-0.3, -0.25) is 14.4 Å². The van der Waals surface area contributed by atoms with Crippen molar-refractivity contribution in [1.29, 1.82) is 0 Å². The number of hydrogen-bond donors (Lipinski definition) is 2. The summed E-state index contributed by atoms with van der Waals surface area (Å²) in [6, 6.07) is 11.9. The van der Waals surface area contributed by atoms with Crippen molar-refractivity contribution < 1.29 is 9.53 Å². The molecule has 202 valence electrons. The highest BCUT2D eigenvalue weighted by molar-refractivity contribution is 6.02. The average molecular weight is 527 g/mol. The maximum atomic E-state index is 12.8. The van der Waals surface area contributed by atoms with E-state index in [0.29, 0.717) is 52.6 Å². The summed E-state index contributed by atoms with van der Waals surface area (Å²) in [6.45, 7) is 6.33. The second-order valence-corrected chi connectivity index (χ2v) is 9.67. The first-order valence-electron chi connectivity index (χ1n) is 13.3. The Morgan fingerprint density at radius 1 is 1.03 bits per heavy atom. The zero-order chi connectivity index (χ0) is 27.4. The van der Waals surface area contributed by atoms with Gasteiger partial charge >= 0.3 is 0 Å². The van der Waals surface area contributed by atoms with E-state index in [1.54, 1.807) is 24.3 Å². The number of nitrogens with one attached hydrogen (secondary N) is 2. The van der Waals surface area contributed by atoms with Gasteiger partial charge in [0.15, 0.2) is 17.4 Å². The molecule has 0 bridgehead atoms. The number of carbonyl (C=O) groups is 1. The minimum absolute atomic E-state index is 0.0172. The molecule has 1 aliphatic heterocycles. The van der Waals surface area contributed by atoms with Gasteiger partial charge in [-0.05, 0) is 56.6 Å². The molecule has 1 atom stereocenters. The lowest BCUT2D eigenvalue weighted by Crippen LogP contribution is -2.23. The molecule has 5 rings (SSSR count). The number of hydrogen-bond acceptors (Lipinski definition) is 9. The number of ketones is 1. The van der Waals surface area contributed by atoms with Gasteiger partial charge in [0.1, 0.15) is 18.0 Å². The van der Waals surface area contributed by atoms with Crippen LogP contribution in [0.1, 0.15) is 55.1 Å². The maximum Gasteiger partial charge on any atom is 0.184 e. The predicted molar refractivity (Wildman–Crippen MR) is 152 cm³/mol. The highest BCUT2D eigenvalue weighted by Gasteiger charge is 2.20. The molecule has 39 heavy (non-hydrogen) atoms. The number of ether oxygens (including phenoxy) is 1. The Morgan fingerprint density at radius 3 is 2.49 bits per heavy atom. The molecule has 1 aromatic carbocycles. The second-order valence-electron chi connectivity index (χ2n) is 9.67. The number of pyridine rings is 2. The lowest BCUT2D eigenvalue weighted by atomic mass is 10.1. The van der Waals surface area contributed by atoms with E-state index >= 15 is 0 Å². The largest absolute Gasteiger partial charge is 0.494 e. The van der Waals surface area contributed by atoms with Crippen LogP contribution in [0.5, 0.6) is 5.75 Å². The van der Waals surface area contributed by atoms with Crippen molar-refractivity contribution in [2.45, 2.75) is 39.2 Å². The molecule has 3 aromatic heterocycles. The first-order chi connectivity index (χ1) is 19.0. The fourth-order valence-electron chi connectivity index (χ4n) is 4.88. The first kappa shape index (κ1) is 26.3. The normalized spacial score (nSPS) is 14.3. The molecule has 0 spiro atoms. The fraction of sp³-hybridized carbons (Fsp3) is 0.345. The molecule has 0 amide bonds. The Kier molecular flexibility index (Phi) is 7.83. The molecule has 1 saturated heterocycles. The van der Waals surface area contributed by atoms with Crippen LogP contribution in [0.2, 0.25) is 0 Å². The van der Waals surface area contributed by atoms with E-state index in [2.05, 4.69) is 48.6 Å². The maximum absolute atomic E-state index is 12.8. The summed E-state index contributed by atoms with van der Waals surface area (Å²) in [4.78, 5) is 28.8. The number of carbonyl (C=O) groups excluding carboxylic acids is 1. The van der Waals surface area contributed by atoms with E-state index in [9.17, 15) is 4.79 Å². The van der Waals surface area contributed by atoms with Crippen LogP contribution in [0, 0.1) is 0 Å². The van der Waals surface area contributed by atoms with Gasteiger partial charge in [0, 0.05) is 38.0 Å². The molecule has 10 heteroatoms. The Labute approximate surface area is 228 Å². The third kappa shape index (κ3) is 5.75. The van der Waals surface area contributed by atoms with Crippen LogP contribution in [0.15, 0.2) is 55.1 Å². The Morgan fingerprint density at radius 2 is 1.82 bits per heavy atom. The van der Waals surface area contributed by atoms with Crippen molar-refractivity contribution in [2.75, 3.05) is 30.8 Å². The topological polar surface area (TPSA) is 110 Å². The lowest BCUT2D eigenvalue weighted by Gasteiger charge is -2.23. The summed E-state index contributed by atoms with van der Waals surface area (Å²) in [5, 5.41) is 11.1. The first-order valence-corrected chi connectivity index (χ1v) is 13.3. The van der Waals surface area contributed by atoms with E-state index in [4.69, 9.17) is 4.74 Å². The van der Waals surface area contributed by atoms with Crippen LogP contribution >= 0.6 is 0 Å². The van der Waals surface area contributed by atoms with Crippen molar-refractivity contribution in [3.05, 3.63) is 66.2 Å². The summed E-state index contributed by atoms with van der Waals surface area (Å²) in [5.41, 5.74) is 3.72. The molecular weight excluding hydrogens is 492 g/mol. The lowest BCUT2D eigenvalue weighted by molar-refractivity contribution is 0.0988. The molecule has 0 saturated carbocycles. The van der Waals surface area contributed by atoms with Gasteiger partial charge < -0.3 is 15.4 Å². The van der Waals surface area contributed by atoms with Crippen LogP contribution in [0.4, 0.5) is 23.0 Å². The average Bonchev–Trinajstić information content (AvgIpc) is 3.65. The zero-order valence-corrected chi connectivity index (χ0v) is 22.8. The highest BCUT2D eigenvalue weighted by atomic mass is 16.5. The quantitative estimate of drug-likeness (QED) is 0.258. The van der Waals surface area contributed by atoms with Crippen molar-refractivity contribution in [3.8, 4) is 17.1 Å². The SMILES string of the molecule is CCC(=O)c1cnc(Nc2ccc([C@H](C)N3CCCC3)cn2)cc1Nc1cccc(-c2ncn(C)n2)c1OC. The fourth-order valence-corrected chi connectivity index (χ4v) is 4.88. The van der Waals surface area contributed by atoms with E-state index < -0.39 is 0 Å². The number of anilines is 4. The molecule has 4 heterocycles. The number of likely N-dealkylation sites (tertiary alicyclic amines) is 1. The standard InChI is InChI=1S/C29H34N8O2/c1-5-25(38)22-17-31-27(34-26-12-11-20(16-30-26)19(2)37-13-6-7-14-37)15-24(22)33-23-10-8-9-21(28(23)39-4)29-32-18-36(3)35-29/h8-12,15-19H,5-7,13-14H2,1-4H3,(H2,30,31,33,34)/t19-/m0/s1. The number of Topliss-reactive ketones (excluding diaryl/α,β-unsaturated/α-hetero) is 1. The monoisotopic (exact) mass is 526 g/mol. The number of rotatable bonds is 10. The van der Waals surface area contributed by atoms with Crippen molar-refractivity contribution in [3.63, 3.8) is 0 Å². The predicted octanol–water partition coefficient (Wildman–Crippen LogP) is 5.52. The van der Waals surface area contributed by atoms with Crippen LogP contribution < -0.4 is 15.4 Å². The molecule has 4 aromatic rings. The summed E-state index contributed by atoms with van der Waals surface area (Å²) in [6.07, 6.45) is 8.02. The molecule has 0 unspecified atom stereocenters. The van der Waals surface area contributed by atoms with E-state index in [1.807, 2.05) is 50.5 Å². The van der Waals surface area contributed by atoms with Gasteiger partial charge in [0.25, 0.3) is 0 Å². The van der Waals surface area contributed by atoms with Gasteiger partial charge in [-0.2, -0.15) is 5.10 Å². The van der Waals surface area contributed by atoms with Crippen LogP contribution in [-0.4, -0.2) is 55.6 Å². The Balaban J connectivity index is 1.42. The number of benzene rings is 1. The number of nitrogens with zero attached hydrogens (tertiary/aromatic N) is 6. The zero-order valence-electron chi connectivity index (χ0n) is 22.8. The van der Waals surface area contributed by atoms with Gasteiger partial charge in [0.2, 0.25) is 0 Å². The molecule has 10 nitrogen and oxygen atoms in total. The Hall–Kier alpha value is -4.31. The van der Waals surface area contributed by atoms with Gasteiger partial charge in [-0.25, -0.2) is 15.0 Å². The van der Waals surface area contributed by atoms with Crippen molar-refractivity contribution >= 4 is 28.8 Å². The van der Waals surface area contributed by atoms with E-state index in [0.717, 1.165) is 18.7 Å². The summed E-state index contributed by atoms with van der Waals surface area (Å²) in [5.74, 6) is 2.36. The van der Waals surface area contributed by atoms with Crippen LogP contribution in [0.3, 0.4) is 0 Å². The molecule has 1 fully saturated rings. The van der Waals surface area contributed by atoms with Crippen LogP contribution in [-0.2, 0) is 7.05 Å².